The summed E-state index contributed by atoms with van der Waals surface area (Å²) in [5.41, 5.74) is 1.83. The second kappa shape index (κ2) is 10.7. The van der Waals surface area contributed by atoms with Gasteiger partial charge >= 0.3 is 0 Å². The Hall–Kier alpha value is -2.38. The van der Waals surface area contributed by atoms with E-state index in [-0.39, 0.29) is 0 Å². The van der Waals surface area contributed by atoms with Crippen molar-refractivity contribution in [3.05, 3.63) is 42.3 Å². The minimum Gasteiger partial charge on any atom is -0.444 e. The van der Waals surface area contributed by atoms with E-state index in [4.69, 9.17) is 9.15 Å². The monoisotopic (exact) mass is 371 g/mol. The van der Waals surface area contributed by atoms with Gasteiger partial charge in [0.2, 0.25) is 5.89 Å². The molecule has 1 aromatic heterocycles. The van der Waals surface area contributed by atoms with Gasteiger partial charge in [0.15, 0.2) is 5.96 Å². The number of unbranched alkanes of at least 4 members (excludes halogenated alkanes) is 1. The molecule has 7 nitrogen and oxygen atoms in total. The molecule has 0 spiro atoms. The zero-order valence-corrected chi connectivity index (χ0v) is 16.0. The number of hydrogen-bond donors (Lipinski definition) is 2. The molecule has 0 bridgehead atoms. The lowest BCUT2D eigenvalue weighted by Crippen LogP contribution is -2.38. The lowest BCUT2D eigenvalue weighted by molar-refractivity contribution is 0.0372. The Balaban J connectivity index is 1.34. The largest absolute Gasteiger partial charge is 0.444 e. The maximum atomic E-state index is 5.56. The lowest BCUT2D eigenvalue weighted by Gasteiger charge is -2.26. The maximum Gasteiger partial charge on any atom is 0.226 e. The van der Waals surface area contributed by atoms with E-state index in [2.05, 4.69) is 25.5 Å². The average Bonchev–Trinajstić information content (AvgIpc) is 3.20. The molecular weight excluding hydrogens is 342 g/mol. The summed E-state index contributed by atoms with van der Waals surface area (Å²) in [5, 5.41) is 6.63. The second-order valence-electron chi connectivity index (χ2n) is 6.52. The van der Waals surface area contributed by atoms with Crippen LogP contribution in [0.2, 0.25) is 0 Å². The van der Waals surface area contributed by atoms with Gasteiger partial charge in [0.1, 0.15) is 6.26 Å². The molecule has 1 aliphatic rings. The van der Waals surface area contributed by atoms with Crippen LogP contribution in [0.1, 0.15) is 18.5 Å². The number of benzene rings is 1. The van der Waals surface area contributed by atoms with Crippen LogP contribution in [-0.4, -0.2) is 62.3 Å². The van der Waals surface area contributed by atoms with Gasteiger partial charge in [0, 0.05) is 32.2 Å². The van der Waals surface area contributed by atoms with E-state index in [1.165, 1.54) is 6.42 Å². The number of morpholine rings is 1. The number of guanidine groups is 1. The Morgan fingerprint density at radius 1 is 1.15 bits per heavy atom. The molecule has 0 unspecified atom stereocenters. The van der Waals surface area contributed by atoms with Crippen LogP contribution in [0.5, 0.6) is 0 Å². The van der Waals surface area contributed by atoms with Gasteiger partial charge in [-0.15, -0.1) is 0 Å². The number of ether oxygens (including phenoxy) is 1. The number of aliphatic imine (C=N–C) groups is 1. The molecule has 7 heteroatoms. The van der Waals surface area contributed by atoms with Crippen LogP contribution in [0.15, 0.2) is 46.0 Å². The molecule has 0 radical (unpaired) electrons. The van der Waals surface area contributed by atoms with Gasteiger partial charge < -0.3 is 19.8 Å². The van der Waals surface area contributed by atoms with Crippen molar-refractivity contribution in [2.45, 2.75) is 19.4 Å². The zero-order valence-electron chi connectivity index (χ0n) is 16.0. The first kappa shape index (κ1) is 19.4. The Kier molecular flexibility index (Phi) is 7.68. The Labute approximate surface area is 160 Å². The summed E-state index contributed by atoms with van der Waals surface area (Å²) in [6, 6.07) is 9.90. The highest BCUT2D eigenvalue weighted by molar-refractivity contribution is 5.79. The molecule has 0 saturated carbocycles. The Morgan fingerprint density at radius 3 is 2.74 bits per heavy atom. The number of oxazole rings is 1. The third-order valence-electron chi connectivity index (χ3n) is 4.53. The summed E-state index contributed by atoms with van der Waals surface area (Å²) in [4.78, 5) is 11.2. The molecule has 0 atom stereocenters. The minimum absolute atomic E-state index is 0.573. The quantitative estimate of drug-likeness (QED) is 0.421. The third-order valence-corrected chi connectivity index (χ3v) is 4.53. The molecule has 2 heterocycles. The molecule has 1 saturated heterocycles. The highest BCUT2D eigenvalue weighted by Crippen LogP contribution is 2.17. The number of aromatic nitrogens is 1. The Bertz CT molecular complexity index is 695. The molecule has 27 heavy (non-hydrogen) atoms. The smallest absolute Gasteiger partial charge is 0.226 e. The van der Waals surface area contributed by atoms with Crippen LogP contribution in [0.3, 0.4) is 0 Å². The van der Waals surface area contributed by atoms with Crippen molar-refractivity contribution < 1.29 is 9.15 Å². The fraction of sp³-hybridized carbons (Fsp3) is 0.500. The van der Waals surface area contributed by atoms with Crippen molar-refractivity contribution in [3.63, 3.8) is 0 Å². The summed E-state index contributed by atoms with van der Waals surface area (Å²) in [7, 11) is 1.78. The van der Waals surface area contributed by atoms with E-state index in [9.17, 15) is 0 Å². The minimum atomic E-state index is 0.573. The third kappa shape index (κ3) is 6.37. The predicted molar refractivity (Wildman–Crippen MR) is 107 cm³/mol. The SMILES string of the molecule is CN=C(NCCCCN1CCOCC1)NCc1coc(-c2ccccc2)n1. The van der Waals surface area contributed by atoms with Gasteiger partial charge in [-0.3, -0.25) is 9.89 Å². The van der Waals surface area contributed by atoms with Gasteiger partial charge in [-0.1, -0.05) is 18.2 Å². The van der Waals surface area contributed by atoms with Gasteiger partial charge in [0.05, 0.1) is 25.5 Å². The molecule has 2 N–H and O–H groups in total. The molecule has 0 aliphatic carbocycles. The van der Waals surface area contributed by atoms with Crippen LogP contribution in [0.25, 0.3) is 11.5 Å². The van der Waals surface area contributed by atoms with Crippen LogP contribution in [0.4, 0.5) is 0 Å². The lowest BCUT2D eigenvalue weighted by atomic mass is 10.2. The van der Waals surface area contributed by atoms with Crippen molar-refractivity contribution >= 4 is 5.96 Å². The molecule has 1 fully saturated rings. The van der Waals surface area contributed by atoms with E-state index < -0.39 is 0 Å². The van der Waals surface area contributed by atoms with Crippen LogP contribution < -0.4 is 10.6 Å². The second-order valence-corrected chi connectivity index (χ2v) is 6.52. The fourth-order valence-electron chi connectivity index (χ4n) is 2.99. The summed E-state index contributed by atoms with van der Waals surface area (Å²) in [5.74, 6) is 1.42. The number of rotatable bonds is 8. The molecule has 0 amide bonds. The van der Waals surface area contributed by atoms with Crippen LogP contribution in [-0.2, 0) is 11.3 Å². The van der Waals surface area contributed by atoms with Gasteiger partial charge in [0.25, 0.3) is 0 Å². The summed E-state index contributed by atoms with van der Waals surface area (Å²) in [6.07, 6.45) is 3.97. The summed E-state index contributed by atoms with van der Waals surface area (Å²) >= 11 is 0. The van der Waals surface area contributed by atoms with Gasteiger partial charge in [-0.05, 0) is 31.5 Å². The average molecular weight is 371 g/mol. The van der Waals surface area contributed by atoms with E-state index in [1.54, 1.807) is 13.3 Å². The predicted octanol–water partition coefficient (Wildman–Crippen LogP) is 2.12. The van der Waals surface area contributed by atoms with E-state index in [0.29, 0.717) is 12.4 Å². The maximum absolute atomic E-state index is 5.56. The van der Waals surface area contributed by atoms with E-state index in [0.717, 1.165) is 63.0 Å². The fourth-order valence-corrected chi connectivity index (χ4v) is 2.99. The van der Waals surface area contributed by atoms with E-state index >= 15 is 0 Å². The van der Waals surface area contributed by atoms with Crippen LogP contribution in [0, 0.1) is 0 Å². The van der Waals surface area contributed by atoms with Crippen molar-refractivity contribution in [1.29, 1.82) is 0 Å². The number of hydrogen-bond acceptors (Lipinski definition) is 5. The number of nitrogens with one attached hydrogen (secondary N) is 2. The molecule has 146 valence electrons. The van der Waals surface area contributed by atoms with Crippen molar-refractivity contribution in [1.82, 2.24) is 20.5 Å². The number of nitrogens with zero attached hydrogens (tertiary/aromatic N) is 3. The first-order valence-electron chi connectivity index (χ1n) is 9.59. The molecule has 2 aromatic rings. The Morgan fingerprint density at radius 2 is 1.96 bits per heavy atom. The normalized spacial score (nSPS) is 15.7. The molecule has 1 aromatic carbocycles. The topological polar surface area (TPSA) is 74.9 Å². The molecular formula is C20H29N5O2. The van der Waals surface area contributed by atoms with Crippen molar-refractivity contribution in [2.75, 3.05) is 46.4 Å². The van der Waals surface area contributed by atoms with Gasteiger partial charge in [-0.2, -0.15) is 0 Å². The van der Waals surface area contributed by atoms with Crippen molar-refractivity contribution in [2.24, 2.45) is 4.99 Å². The molecule has 1 aliphatic heterocycles. The summed E-state index contributed by atoms with van der Waals surface area (Å²) in [6.45, 7) is 6.45. The highest BCUT2D eigenvalue weighted by Gasteiger charge is 2.09. The van der Waals surface area contributed by atoms with Crippen LogP contribution >= 0.6 is 0 Å². The molecule has 3 rings (SSSR count). The summed E-state index contributed by atoms with van der Waals surface area (Å²) < 4.78 is 10.9. The van der Waals surface area contributed by atoms with Crippen molar-refractivity contribution in [3.8, 4) is 11.5 Å². The standard InChI is InChI=1S/C20H29N5O2/c1-21-20(22-9-5-6-10-25-11-13-26-14-12-25)23-15-18-16-27-19(24-18)17-7-3-2-4-8-17/h2-4,7-8,16H,5-6,9-15H2,1H3,(H2,21,22,23). The van der Waals surface area contributed by atoms with E-state index in [1.807, 2.05) is 30.3 Å². The first-order chi connectivity index (χ1) is 13.3. The highest BCUT2D eigenvalue weighted by atomic mass is 16.5. The van der Waals surface area contributed by atoms with Gasteiger partial charge in [-0.25, -0.2) is 4.98 Å². The zero-order chi connectivity index (χ0) is 18.7. The first-order valence-corrected chi connectivity index (χ1v) is 9.59.